The molecule has 0 radical (unpaired) electrons. The van der Waals surface area contributed by atoms with Crippen LogP contribution in [0.3, 0.4) is 0 Å². The Balaban J connectivity index is 2.07. The van der Waals surface area contributed by atoms with Crippen LogP contribution in [0.5, 0.6) is 0 Å². The smallest absolute Gasteiger partial charge is 0.224 e. The molecule has 1 aromatic heterocycles. The lowest BCUT2D eigenvalue weighted by atomic mass is 9.91. The molecule has 0 bridgehead atoms. The fourth-order valence-corrected chi connectivity index (χ4v) is 2.34. The highest BCUT2D eigenvalue weighted by Gasteiger charge is 2.22. The first-order valence-corrected chi connectivity index (χ1v) is 6.06. The summed E-state index contributed by atoms with van der Waals surface area (Å²) in [6.45, 7) is 1.90. The van der Waals surface area contributed by atoms with E-state index in [1.807, 2.05) is 6.92 Å². The van der Waals surface area contributed by atoms with E-state index in [1.54, 1.807) is 6.07 Å². The number of nitrogens with one attached hydrogen (secondary N) is 1. The van der Waals surface area contributed by atoms with E-state index in [2.05, 4.69) is 15.3 Å². The van der Waals surface area contributed by atoms with E-state index in [9.17, 15) is 0 Å². The zero-order valence-electron chi connectivity index (χ0n) is 9.41. The van der Waals surface area contributed by atoms with E-state index in [4.69, 9.17) is 17.3 Å². The second-order valence-corrected chi connectivity index (χ2v) is 4.74. The van der Waals surface area contributed by atoms with Gasteiger partial charge in [-0.3, -0.25) is 0 Å². The quantitative estimate of drug-likeness (QED) is 0.778. The molecule has 88 valence electrons. The summed E-state index contributed by atoms with van der Waals surface area (Å²) < 4.78 is 0. The average Bonchev–Trinajstić information content (AvgIpc) is 2.20. The summed E-state index contributed by atoms with van der Waals surface area (Å²) >= 11 is 5.88. The highest BCUT2D eigenvalue weighted by atomic mass is 35.5. The Bertz CT molecular complexity index is 349. The fourth-order valence-electron chi connectivity index (χ4n) is 2.10. The average molecular weight is 241 g/mol. The summed E-state index contributed by atoms with van der Waals surface area (Å²) in [5.74, 6) is 0.590. The van der Waals surface area contributed by atoms with Crippen molar-refractivity contribution in [3.8, 4) is 0 Å². The lowest BCUT2D eigenvalue weighted by molar-refractivity contribution is 0.402. The second-order valence-electron chi connectivity index (χ2n) is 4.35. The summed E-state index contributed by atoms with van der Waals surface area (Å²) in [5, 5.41) is 3.75. The predicted molar refractivity (Wildman–Crippen MR) is 65.6 cm³/mol. The number of anilines is 1. The molecule has 0 amide bonds. The van der Waals surface area contributed by atoms with Crippen molar-refractivity contribution in [3.05, 3.63) is 16.9 Å². The molecule has 1 aliphatic carbocycles. The summed E-state index contributed by atoms with van der Waals surface area (Å²) in [5.41, 5.74) is 6.92. The monoisotopic (exact) mass is 240 g/mol. The van der Waals surface area contributed by atoms with Gasteiger partial charge in [-0.05, 0) is 25.8 Å². The van der Waals surface area contributed by atoms with Gasteiger partial charge in [0, 0.05) is 17.8 Å². The maximum absolute atomic E-state index is 6.05. The van der Waals surface area contributed by atoms with Gasteiger partial charge in [-0.1, -0.05) is 24.4 Å². The van der Waals surface area contributed by atoms with Crippen molar-refractivity contribution >= 4 is 17.5 Å². The molecule has 4 nitrogen and oxygen atoms in total. The van der Waals surface area contributed by atoms with Crippen LogP contribution >= 0.6 is 11.6 Å². The molecule has 1 aromatic rings. The van der Waals surface area contributed by atoms with E-state index < -0.39 is 0 Å². The molecule has 1 saturated carbocycles. The Labute approximate surface area is 101 Å². The lowest BCUT2D eigenvalue weighted by Gasteiger charge is -2.29. The van der Waals surface area contributed by atoms with Gasteiger partial charge in [0.05, 0.1) is 0 Å². The molecule has 1 aliphatic rings. The van der Waals surface area contributed by atoms with Crippen LogP contribution in [0.25, 0.3) is 0 Å². The van der Waals surface area contributed by atoms with Crippen LogP contribution in [0.15, 0.2) is 6.07 Å². The molecule has 2 rings (SSSR count). The van der Waals surface area contributed by atoms with Crippen LogP contribution in [0.1, 0.15) is 31.4 Å². The third-order valence-corrected chi connectivity index (χ3v) is 3.15. The Kier molecular flexibility index (Phi) is 3.61. The van der Waals surface area contributed by atoms with Crippen LogP contribution in [0, 0.1) is 6.92 Å². The van der Waals surface area contributed by atoms with Crippen molar-refractivity contribution < 1.29 is 0 Å². The Morgan fingerprint density at radius 1 is 1.38 bits per heavy atom. The number of aromatic nitrogens is 2. The van der Waals surface area contributed by atoms with Crippen LogP contribution < -0.4 is 11.1 Å². The van der Waals surface area contributed by atoms with Gasteiger partial charge in [-0.25, -0.2) is 9.97 Å². The van der Waals surface area contributed by atoms with Gasteiger partial charge in [-0.15, -0.1) is 0 Å². The van der Waals surface area contributed by atoms with Gasteiger partial charge in [0.15, 0.2) is 0 Å². The summed E-state index contributed by atoms with van der Waals surface area (Å²) in [7, 11) is 0. The number of rotatable bonds is 2. The second kappa shape index (κ2) is 4.97. The molecule has 0 unspecified atom stereocenters. The molecule has 3 N–H and O–H groups in total. The topological polar surface area (TPSA) is 63.8 Å². The van der Waals surface area contributed by atoms with Gasteiger partial charge in [0.25, 0.3) is 0 Å². The Morgan fingerprint density at radius 3 is 2.81 bits per heavy atom. The fraction of sp³-hybridized carbons (Fsp3) is 0.636. The minimum atomic E-state index is 0.191. The van der Waals surface area contributed by atoms with Crippen molar-refractivity contribution in [2.45, 2.75) is 44.7 Å². The Morgan fingerprint density at radius 2 is 2.12 bits per heavy atom. The third-order valence-electron chi connectivity index (χ3n) is 2.96. The minimum absolute atomic E-state index is 0.191. The van der Waals surface area contributed by atoms with Crippen LogP contribution in [-0.4, -0.2) is 22.1 Å². The first-order valence-electron chi connectivity index (χ1n) is 5.68. The minimum Gasteiger partial charge on any atom is -0.350 e. The molecule has 0 saturated heterocycles. The Hall–Kier alpha value is -0.870. The molecule has 16 heavy (non-hydrogen) atoms. The van der Waals surface area contributed by atoms with Crippen LogP contribution in [0.2, 0.25) is 5.15 Å². The van der Waals surface area contributed by atoms with Gasteiger partial charge in [0.1, 0.15) is 5.15 Å². The normalized spacial score (nSPS) is 25.4. The van der Waals surface area contributed by atoms with Crippen LogP contribution in [-0.2, 0) is 0 Å². The zero-order chi connectivity index (χ0) is 11.5. The molecular formula is C11H17ClN4. The van der Waals surface area contributed by atoms with E-state index in [-0.39, 0.29) is 12.1 Å². The van der Waals surface area contributed by atoms with Crippen molar-refractivity contribution in [1.82, 2.24) is 9.97 Å². The molecule has 0 aromatic carbocycles. The van der Waals surface area contributed by atoms with Gasteiger partial charge in [0.2, 0.25) is 5.95 Å². The first kappa shape index (κ1) is 11.6. The standard InChI is InChI=1S/C11H17ClN4/c1-7-6-10(12)16-11(14-7)15-9-5-3-2-4-8(9)13/h6,8-9H,2-5,13H2,1H3,(H,14,15,16)/t8-,9-/m1/s1. The van der Waals surface area contributed by atoms with Crippen LogP contribution in [0.4, 0.5) is 5.95 Å². The number of hydrogen-bond donors (Lipinski definition) is 2. The van der Waals surface area contributed by atoms with E-state index in [0.717, 1.165) is 18.5 Å². The van der Waals surface area contributed by atoms with Crippen molar-refractivity contribution in [2.24, 2.45) is 5.73 Å². The van der Waals surface area contributed by atoms with E-state index in [1.165, 1.54) is 12.8 Å². The van der Waals surface area contributed by atoms with E-state index >= 15 is 0 Å². The molecule has 1 heterocycles. The van der Waals surface area contributed by atoms with Crippen molar-refractivity contribution in [3.63, 3.8) is 0 Å². The molecule has 2 atom stereocenters. The number of hydrogen-bond acceptors (Lipinski definition) is 4. The molecular weight excluding hydrogens is 224 g/mol. The predicted octanol–water partition coefficient (Wildman–Crippen LogP) is 2.12. The largest absolute Gasteiger partial charge is 0.350 e. The molecule has 0 spiro atoms. The molecule has 0 aliphatic heterocycles. The summed E-state index contributed by atoms with van der Waals surface area (Å²) in [6, 6.07) is 2.20. The van der Waals surface area contributed by atoms with Crippen molar-refractivity contribution in [2.75, 3.05) is 5.32 Å². The first-order chi connectivity index (χ1) is 7.65. The number of aryl methyl sites for hydroxylation is 1. The molecule has 1 fully saturated rings. The summed E-state index contributed by atoms with van der Waals surface area (Å²) in [4.78, 5) is 8.45. The maximum atomic E-state index is 6.05. The third kappa shape index (κ3) is 2.83. The van der Waals surface area contributed by atoms with Crippen molar-refractivity contribution in [1.29, 1.82) is 0 Å². The van der Waals surface area contributed by atoms with Gasteiger partial charge >= 0.3 is 0 Å². The van der Waals surface area contributed by atoms with Gasteiger partial charge in [-0.2, -0.15) is 0 Å². The van der Waals surface area contributed by atoms with E-state index in [0.29, 0.717) is 11.1 Å². The number of halogens is 1. The highest BCUT2D eigenvalue weighted by molar-refractivity contribution is 6.29. The number of nitrogens with zero attached hydrogens (tertiary/aromatic N) is 2. The SMILES string of the molecule is Cc1cc(Cl)nc(N[C@@H]2CCCC[C@H]2N)n1. The summed E-state index contributed by atoms with van der Waals surface area (Å²) in [6.07, 6.45) is 4.58. The zero-order valence-corrected chi connectivity index (χ0v) is 10.2. The molecule has 5 heteroatoms. The van der Waals surface area contributed by atoms with Gasteiger partial charge < -0.3 is 11.1 Å². The highest BCUT2D eigenvalue weighted by Crippen LogP contribution is 2.20. The lowest BCUT2D eigenvalue weighted by Crippen LogP contribution is -2.43. The maximum Gasteiger partial charge on any atom is 0.224 e. The number of nitrogens with two attached hydrogens (primary N) is 1.